The van der Waals surface area contributed by atoms with Gasteiger partial charge in [0.1, 0.15) is 0 Å². The molecule has 0 unspecified atom stereocenters. The summed E-state index contributed by atoms with van der Waals surface area (Å²) in [5, 5.41) is 0. The quantitative estimate of drug-likeness (QED) is 0.635. The lowest BCUT2D eigenvalue weighted by Crippen LogP contribution is -2.03. The predicted octanol–water partition coefficient (Wildman–Crippen LogP) is 3.69. The molecule has 2 nitrogen and oxygen atoms in total. The minimum absolute atomic E-state index is 1.05. The standard InChI is InChI=1S/C11H14N2S2/c1-2-3-8-12-15-11-13-9-6-4-5-7-10(9)14-11/h4-7,12H,2-3,8H2,1H3. The SMILES string of the molecule is CCCCNSc1nc2ccccc2s1. The van der Waals surface area contributed by atoms with Gasteiger partial charge in [0.05, 0.1) is 10.2 Å². The third kappa shape index (κ3) is 2.93. The molecular formula is C11H14N2S2. The van der Waals surface area contributed by atoms with Gasteiger partial charge in [0.25, 0.3) is 0 Å². The number of rotatable bonds is 5. The first-order valence-corrected chi connectivity index (χ1v) is 6.78. The number of aromatic nitrogens is 1. The fourth-order valence-electron chi connectivity index (χ4n) is 1.26. The van der Waals surface area contributed by atoms with Crippen LogP contribution in [-0.4, -0.2) is 11.5 Å². The molecule has 0 radical (unpaired) electrons. The number of nitrogens with zero attached hydrogens (tertiary/aromatic N) is 1. The van der Waals surface area contributed by atoms with Gasteiger partial charge in [-0.15, -0.1) is 11.3 Å². The zero-order valence-electron chi connectivity index (χ0n) is 8.69. The van der Waals surface area contributed by atoms with E-state index in [0.29, 0.717) is 0 Å². The Balaban J connectivity index is 1.97. The number of unbranched alkanes of at least 4 members (excludes halogenated alkanes) is 1. The molecule has 2 rings (SSSR count). The molecule has 1 heterocycles. The van der Waals surface area contributed by atoms with E-state index in [4.69, 9.17) is 0 Å². The van der Waals surface area contributed by atoms with Crippen molar-refractivity contribution in [3.8, 4) is 0 Å². The van der Waals surface area contributed by atoms with E-state index < -0.39 is 0 Å². The number of fused-ring (bicyclic) bond motifs is 1. The third-order valence-corrected chi connectivity index (χ3v) is 4.01. The van der Waals surface area contributed by atoms with Crippen LogP contribution < -0.4 is 4.72 Å². The van der Waals surface area contributed by atoms with Crippen molar-refractivity contribution in [3.63, 3.8) is 0 Å². The van der Waals surface area contributed by atoms with Crippen LogP contribution in [0.1, 0.15) is 19.8 Å². The molecule has 0 saturated carbocycles. The summed E-state index contributed by atoms with van der Waals surface area (Å²) in [5.41, 5.74) is 1.10. The largest absolute Gasteiger partial charge is 0.258 e. The number of hydrogen-bond donors (Lipinski definition) is 1. The van der Waals surface area contributed by atoms with E-state index in [9.17, 15) is 0 Å². The average molecular weight is 238 g/mol. The zero-order chi connectivity index (χ0) is 10.5. The Bertz CT molecular complexity index is 392. The van der Waals surface area contributed by atoms with Gasteiger partial charge < -0.3 is 0 Å². The van der Waals surface area contributed by atoms with E-state index in [0.717, 1.165) is 16.4 Å². The van der Waals surface area contributed by atoms with E-state index in [1.54, 1.807) is 23.3 Å². The summed E-state index contributed by atoms with van der Waals surface area (Å²) >= 11 is 3.39. The second kappa shape index (κ2) is 5.49. The van der Waals surface area contributed by atoms with Gasteiger partial charge in [-0.2, -0.15) is 0 Å². The minimum Gasteiger partial charge on any atom is -0.258 e. The highest BCUT2D eigenvalue weighted by atomic mass is 32.2. The molecule has 0 aliphatic rings. The Morgan fingerprint density at radius 2 is 2.27 bits per heavy atom. The summed E-state index contributed by atoms with van der Waals surface area (Å²) in [4.78, 5) is 4.53. The maximum atomic E-state index is 4.53. The molecule has 15 heavy (non-hydrogen) atoms. The van der Waals surface area contributed by atoms with Gasteiger partial charge in [-0.05, 0) is 30.5 Å². The number of benzene rings is 1. The first-order chi connectivity index (χ1) is 7.40. The van der Waals surface area contributed by atoms with Gasteiger partial charge in [-0.25, -0.2) is 4.98 Å². The van der Waals surface area contributed by atoms with Crippen LogP contribution in [0.25, 0.3) is 10.2 Å². The Kier molecular flexibility index (Phi) is 4.00. The summed E-state index contributed by atoms with van der Waals surface area (Å²) in [6.07, 6.45) is 2.45. The van der Waals surface area contributed by atoms with Crippen LogP contribution >= 0.6 is 23.3 Å². The van der Waals surface area contributed by atoms with Gasteiger partial charge in [0, 0.05) is 6.54 Å². The summed E-state index contributed by atoms with van der Waals surface area (Å²) < 4.78 is 5.69. The molecule has 0 saturated heterocycles. The molecule has 0 aliphatic carbocycles. The second-order valence-corrected chi connectivity index (χ2v) is 5.47. The van der Waals surface area contributed by atoms with Gasteiger partial charge in [-0.1, -0.05) is 25.5 Å². The fourth-order valence-corrected chi connectivity index (χ4v) is 3.08. The van der Waals surface area contributed by atoms with Crippen molar-refractivity contribution in [2.75, 3.05) is 6.54 Å². The van der Waals surface area contributed by atoms with Gasteiger partial charge >= 0.3 is 0 Å². The highest BCUT2D eigenvalue weighted by Gasteiger charge is 2.02. The highest BCUT2D eigenvalue weighted by molar-refractivity contribution is 7.99. The Morgan fingerprint density at radius 3 is 3.07 bits per heavy atom. The van der Waals surface area contributed by atoms with Gasteiger partial charge in [-0.3, -0.25) is 4.72 Å². The lowest BCUT2D eigenvalue weighted by Gasteiger charge is -1.97. The minimum atomic E-state index is 1.05. The van der Waals surface area contributed by atoms with Crippen molar-refractivity contribution < 1.29 is 0 Å². The van der Waals surface area contributed by atoms with Crippen molar-refractivity contribution in [2.45, 2.75) is 24.1 Å². The molecular weight excluding hydrogens is 224 g/mol. The van der Waals surface area contributed by atoms with Crippen LogP contribution in [0, 0.1) is 0 Å². The molecule has 4 heteroatoms. The summed E-state index contributed by atoms with van der Waals surface area (Å²) in [6, 6.07) is 8.26. The maximum Gasteiger partial charge on any atom is 0.166 e. The van der Waals surface area contributed by atoms with E-state index in [2.05, 4.69) is 34.8 Å². The highest BCUT2D eigenvalue weighted by Crippen LogP contribution is 2.27. The Labute approximate surface area is 98.2 Å². The number of para-hydroxylation sites is 1. The van der Waals surface area contributed by atoms with Crippen LogP contribution in [0.4, 0.5) is 0 Å². The van der Waals surface area contributed by atoms with Crippen LogP contribution in [0.2, 0.25) is 0 Å². The van der Waals surface area contributed by atoms with Crippen LogP contribution in [0.3, 0.4) is 0 Å². The van der Waals surface area contributed by atoms with Crippen molar-refractivity contribution in [3.05, 3.63) is 24.3 Å². The van der Waals surface area contributed by atoms with Gasteiger partial charge in [0.2, 0.25) is 0 Å². The predicted molar refractivity (Wildman–Crippen MR) is 68.4 cm³/mol. The normalized spacial score (nSPS) is 11.0. The molecule has 0 aliphatic heterocycles. The first kappa shape index (κ1) is 10.9. The lowest BCUT2D eigenvalue weighted by atomic mass is 10.3. The molecule has 1 aromatic carbocycles. The van der Waals surface area contributed by atoms with E-state index >= 15 is 0 Å². The summed E-state index contributed by atoms with van der Waals surface area (Å²) in [6.45, 7) is 3.25. The van der Waals surface area contributed by atoms with Gasteiger partial charge in [0.15, 0.2) is 4.34 Å². The van der Waals surface area contributed by atoms with E-state index in [-0.39, 0.29) is 0 Å². The topological polar surface area (TPSA) is 24.9 Å². The van der Waals surface area contributed by atoms with Crippen molar-refractivity contribution >= 4 is 33.5 Å². The Hall–Kier alpha value is -0.580. The molecule has 0 amide bonds. The molecule has 80 valence electrons. The number of hydrogen-bond acceptors (Lipinski definition) is 4. The molecule has 0 atom stereocenters. The second-order valence-electron chi connectivity index (χ2n) is 3.30. The molecule has 0 fully saturated rings. The van der Waals surface area contributed by atoms with Crippen molar-refractivity contribution in [1.29, 1.82) is 0 Å². The van der Waals surface area contributed by atoms with E-state index in [1.807, 2.05) is 6.07 Å². The fraction of sp³-hybridized carbons (Fsp3) is 0.364. The molecule has 1 N–H and O–H groups in total. The summed E-state index contributed by atoms with van der Waals surface area (Å²) in [7, 11) is 0. The molecule has 0 spiro atoms. The molecule has 1 aromatic heterocycles. The maximum absolute atomic E-state index is 4.53. The molecule has 2 aromatic rings. The van der Waals surface area contributed by atoms with Crippen molar-refractivity contribution in [2.24, 2.45) is 0 Å². The monoisotopic (exact) mass is 238 g/mol. The van der Waals surface area contributed by atoms with Crippen LogP contribution in [0.5, 0.6) is 0 Å². The first-order valence-electron chi connectivity index (χ1n) is 5.15. The number of thiazole rings is 1. The molecule has 0 bridgehead atoms. The third-order valence-electron chi connectivity index (χ3n) is 2.07. The van der Waals surface area contributed by atoms with Crippen LogP contribution in [0.15, 0.2) is 28.6 Å². The van der Waals surface area contributed by atoms with Crippen molar-refractivity contribution in [1.82, 2.24) is 9.71 Å². The zero-order valence-corrected chi connectivity index (χ0v) is 10.3. The lowest BCUT2D eigenvalue weighted by molar-refractivity contribution is 0.776. The summed E-state index contributed by atoms with van der Waals surface area (Å²) in [5.74, 6) is 0. The smallest absolute Gasteiger partial charge is 0.166 e. The Morgan fingerprint density at radius 1 is 1.40 bits per heavy atom. The van der Waals surface area contributed by atoms with E-state index in [1.165, 1.54) is 17.5 Å². The van der Waals surface area contributed by atoms with Crippen LogP contribution in [-0.2, 0) is 0 Å². The number of nitrogens with one attached hydrogen (secondary N) is 1. The average Bonchev–Trinajstić information content (AvgIpc) is 2.67.